The molecule has 23 heavy (non-hydrogen) atoms. The Labute approximate surface area is 141 Å². The first-order valence-corrected chi connectivity index (χ1v) is 10.2. The average molecular weight is 354 g/mol. The zero-order valence-corrected chi connectivity index (χ0v) is 15.3. The van der Waals surface area contributed by atoms with Gasteiger partial charge in [-0.2, -0.15) is 0 Å². The van der Waals surface area contributed by atoms with Gasteiger partial charge in [-0.1, -0.05) is 23.5 Å². The van der Waals surface area contributed by atoms with Crippen molar-refractivity contribution in [3.63, 3.8) is 0 Å². The Hall–Kier alpha value is -1.18. The third-order valence-electron chi connectivity index (χ3n) is 4.23. The Morgan fingerprint density at radius 1 is 1.30 bits per heavy atom. The van der Waals surface area contributed by atoms with Crippen LogP contribution in [-0.2, 0) is 10.0 Å². The third kappa shape index (κ3) is 3.36. The van der Waals surface area contributed by atoms with Crippen LogP contribution in [0.5, 0.6) is 5.19 Å². The lowest BCUT2D eigenvalue weighted by molar-refractivity contribution is 0.134. The van der Waals surface area contributed by atoms with Crippen LogP contribution >= 0.6 is 11.3 Å². The van der Waals surface area contributed by atoms with Crippen molar-refractivity contribution < 1.29 is 13.2 Å². The molecule has 0 saturated carbocycles. The second-order valence-corrected chi connectivity index (χ2v) is 9.69. The third-order valence-corrected chi connectivity index (χ3v) is 7.41. The first kappa shape index (κ1) is 16.7. The van der Waals surface area contributed by atoms with Gasteiger partial charge in [-0.25, -0.2) is 17.7 Å². The summed E-state index contributed by atoms with van der Waals surface area (Å²) in [6.07, 6.45) is 1.45. The van der Waals surface area contributed by atoms with Crippen molar-refractivity contribution in [3.05, 3.63) is 23.8 Å². The van der Waals surface area contributed by atoms with Crippen LogP contribution < -0.4 is 4.74 Å². The minimum atomic E-state index is -3.16. The van der Waals surface area contributed by atoms with Crippen molar-refractivity contribution in [3.8, 4) is 5.19 Å². The maximum Gasteiger partial charge on any atom is 0.274 e. The number of thiazole rings is 1. The number of benzene rings is 1. The summed E-state index contributed by atoms with van der Waals surface area (Å²) in [5, 5.41) is 0.312. The number of hydrogen-bond donors (Lipinski definition) is 0. The highest BCUT2D eigenvalue weighted by molar-refractivity contribution is 7.89. The molecule has 1 aliphatic heterocycles. The normalized spacial score (nSPS) is 17.9. The van der Waals surface area contributed by atoms with Gasteiger partial charge < -0.3 is 4.74 Å². The summed E-state index contributed by atoms with van der Waals surface area (Å²) in [5.41, 5.74) is 2.14. The standard InChI is InChI=1S/C16H22N2O3S2/c1-11(2)23(19,20)18-9-7-13(8-10-18)21-16-17-15-12(3)5-4-6-14(15)22-16/h4-6,11,13H,7-10H2,1-3H3. The van der Waals surface area contributed by atoms with Crippen LogP contribution in [0.4, 0.5) is 0 Å². The number of hydrogen-bond acceptors (Lipinski definition) is 5. The maximum absolute atomic E-state index is 12.2. The van der Waals surface area contributed by atoms with Gasteiger partial charge in [0.2, 0.25) is 10.0 Å². The molecule has 0 amide bonds. The van der Waals surface area contributed by atoms with Gasteiger partial charge in [-0.15, -0.1) is 0 Å². The summed E-state index contributed by atoms with van der Waals surface area (Å²) in [4.78, 5) is 4.57. The molecule has 0 bridgehead atoms. The number of para-hydroxylation sites is 1. The van der Waals surface area contributed by atoms with E-state index in [1.165, 1.54) is 0 Å². The van der Waals surface area contributed by atoms with E-state index in [0.29, 0.717) is 31.1 Å². The average Bonchev–Trinajstić information content (AvgIpc) is 2.91. The number of sulfonamides is 1. The number of nitrogens with zero attached hydrogens (tertiary/aromatic N) is 2. The Morgan fingerprint density at radius 3 is 2.61 bits per heavy atom. The van der Waals surface area contributed by atoms with Crippen LogP contribution in [0.3, 0.4) is 0 Å². The number of aryl methyl sites for hydroxylation is 1. The molecule has 1 aromatic carbocycles. The number of fused-ring (bicyclic) bond motifs is 1. The number of piperidine rings is 1. The predicted octanol–water partition coefficient (Wildman–Crippen LogP) is 3.19. The molecule has 2 aromatic rings. The monoisotopic (exact) mass is 354 g/mol. The van der Waals surface area contributed by atoms with E-state index < -0.39 is 10.0 Å². The minimum Gasteiger partial charge on any atom is -0.467 e. The zero-order chi connectivity index (χ0) is 16.6. The molecule has 1 saturated heterocycles. The molecule has 0 N–H and O–H groups in total. The fourth-order valence-electron chi connectivity index (χ4n) is 2.76. The maximum atomic E-state index is 12.2. The van der Waals surface area contributed by atoms with Crippen molar-refractivity contribution in [1.29, 1.82) is 0 Å². The summed E-state index contributed by atoms with van der Waals surface area (Å²) in [6.45, 7) is 6.54. The number of rotatable bonds is 4. The van der Waals surface area contributed by atoms with Gasteiger partial charge >= 0.3 is 0 Å². The smallest absolute Gasteiger partial charge is 0.274 e. The molecule has 2 heterocycles. The Bertz CT molecular complexity index is 791. The molecule has 126 valence electrons. The molecular formula is C16H22N2O3S2. The van der Waals surface area contributed by atoms with E-state index in [4.69, 9.17) is 4.74 Å². The molecule has 1 aliphatic rings. The van der Waals surface area contributed by atoms with Crippen LogP contribution in [0.2, 0.25) is 0 Å². The van der Waals surface area contributed by atoms with E-state index in [2.05, 4.69) is 4.98 Å². The quantitative estimate of drug-likeness (QED) is 0.846. The van der Waals surface area contributed by atoms with E-state index in [9.17, 15) is 8.42 Å². The first-order chi connectivity index (χ1) is 10.9. The van der Waals surface area contributed by atoms with E-state index in [-0.39, 0.29) is 11.4 Å². The van der Waals surface area contributed by atoms with Gasteiger partial charge in [-0.3, -0.25) is 0 Å². The molecule has 0 atom stereocenters. The summed E-state index contributed by atoms with van der Waals surface area (Å²) >= 11 is 1.55. The SMILES string of the molecule is Cc1cccc2sc(OC3CCN(S(=O)(=O)C(C)C)CC3)nc12. The number of ether oxygens (including phenoxy) is 1. The highest BCUT2D eigenvalue weighted by Gasteiger charge is 2.31. The Kier molecular flexibility index (Phi) is 4.62. The molecule has 0 aliphatic carbocycles. The molecule has 1 fully saturated rings. The second kappa shape index (κ2) is 6.37. The molecule has 5 nitrogen and oxygen atoms in total. The summed E-state index contributed by atoms with van der Waals surface area (Å²) in [6, 6.07) is 6.11. The Balaban J connectivity index is 1.65. The van der Waals surface area contributed by atoms with Crippen LogP contribution in [0.15, 0.2) is 18.2 Å². The predicted molar refractivity (Wildman–Crippen MR) is 93.6 cm³/mol. The minimum absolute atomic E-state index is 0.0366. The van der Waals surface area contributed by atoms with Gasteiger partial charge in [0, 0.05) is 13.1 Å². The van der Waals surface area contributed by atoms with Crippen molar-refractivity contribution >= 4 is 31.6 Å². The van der Waals surface area contributed by atoms with Crippen LogP contribution in [0.25, 0.3) is 10.2 Å². The van der Waals surface area contributed by atoms with Crippen molar-refractivity contribution in [2.75, 3.05) is 13.1 Å². The lowest BCUT2D eigenvalue weighted by Crippen LogP contribution is -2.44. The van der Waals surface area contributed by atoms with Gasteiger partial charge in [-0.05, 0) is 45.2 Å². The lowest BCUT2D eigenvalue weighted by atomic mass is 10.1. The lowest BCUT2D eigenvalue weighted by Gasteiger charge is -2.31. The van der Waals surface area contributed by atoms with Crippen molar-refractivity contribution in [2.45, 2.75) is 45.0 Å². The molecule has 1 aromatic heterocycles. The van der Waals surface area contributed by atoms with Crippen LogP contribution in [-0.4, -0.2) is 42.2 Å². The molecule has 0 radical (unpaired) electrons. The highest BCUT2D eigenvalue weighted by Crippen LogP contribution is 2.31. The van der Waals surface area contributed by atoms with Gasteiger partial charge in [0.25, 0.3) is 5.19 Å². The van der Waals surface area contributed by atoms with E-state index in [1.807, 2.05) is 25.1 Å². The molecule has 0 unspecified atom stereocenters. The second-order valence-electron chi connectivity index (χ2n) is 6.21. The molecule has 0 spiro atoms. The molecular weight excluding hydrogens is 332 g/mol. The number of aromatic nitrogens is 1. The summed E-state index contributed by atoms with van der Waals surface area (Å²) < 4.78 is 33.1. The van der Waals surface area contributed by atoms with Crippen molar-refractivity contribution in [2.24, 2.45) is 0 Å². The van der Waals surface area contributed by atoms with Crippen LogP contribution in [0, 0.1) is 6.92 Å². The van der Waals surface area contributed by atoms with E-state index in [0.717, 1.165) is 15.8 Å². The van der Waals surface area contributed by atoms with Gasteiger partial charge in [0.1, 0.15) is 6.10 Å². The summed E-state index contributed by atoms with van der Waals surface area (Å²) in [5.74, 6) is 0. The van der Waals surface area contributed by atoms with E-state index in [1.54, 1.807) is 29.5 Å². The molecule has 7 heteroatoms. The zero-order valence-electron chi connectivity index (χ0n) is 13.7. The van der Waals surface area contributed by atoms with E-state index >= 15 is 0 Å². The largest absolute Gasteiger partial charge is 0.467 e. The van der Waals surface area contributed by atoms with Crippen LogP contribution in [0.1, 0.15) is 32.3 Å². The Morgan fingerprint density at radius 2 is 2.00 bits per heavy atom. The van der Waals surface area contributed by atoms with Gasteiger partial charge in [0.15, 0.2) is 0 Å². The van der Waals surface area contributed by atoms with Gasteiger partial charge in [0.05, 0.1) is 15.5 Å². The fraction of sp³-hybridized carbons (Fsp3) is 0.562. The first-order valence-electron chi connectivity index (χ1n) is 7.89. The molecule has 3 rings (SSSR count). The summed E-state index contributed by atoms with van der Waals surface area (Å²) in [7, 11) is -3.16. The fourth-order valence-corrected chi connectivity index (χ4v) is 5.04. The highest BCUT2D eigenvalue weighted by atomic mass is 32.2. The van der Waals surface area contributed by atoms with Crippen molar-refractivity contribution in [1.82, 2.24) is 9.29 Å². The topological polar surface area (TPSA) is 59.5 Å².